The van der Waals surface area contributed by atoms with Gasteiger partial charge in [-0.05, 0) is 35.8 Å². The van der Waals surface area contributed by atoms with Crippen molar-refractivity contribution in [3.05, 3.63) is 0 Å². The van der Waals surface area contributed by atoms with Crippen molar-refractivity contribution in [1.29, 1.82) is 0 Å². The lowest BCUT2D eigenvalue weighted by Gasteiger charge is -2.16. The summed E-state index contributed by atoms with van der Waals surface area (Å²) in [5.41, 5.74) is 0. The number of halogens is 2. The highest BCUT2D eigenvalue weighted by Gasteiger charge is 2.33. The van der Waals surface area contributed by atoms with Gasteiger partial charge in [-0.1, -0.05) is 6.92 Å². The van der Waals surface area contributed by atoms with E-state index in [-0.39, 0.29) is 18.3 Å². The molecule has 0 saturated carbocycles. The van der Waals surface area contributed by atoms with E-state index < -0.39 is 6.85 Å². The van der Waals surface area contributed by atoms with Gasteiger partial charge in [0.05, 0.1) is 18.3 Å². The molecule has 0 aromatic rings. The van der Waals surface area contributed by atoms with Gasteiger partial charge in [0.15, 0.2) is 0 Å². The smallest absolute Gasteiger partial charge is 0.225 e. The standard InChI is InChI=1S/C7H13Cl2O2P/c1-3-6-7(11-12(8)9)4-5(2)10-6/h5-7H,3-4H2,1-2H3/t5-,6+,7?/m0/s1. The molecule has 0 radical (unpaired) electrons. The van der Waals surface area contributed by atoms with E-state index in [0.717, 1.165) is 12.8 Å². The minimum absolute atomic E-state index is 0.0890. The van der Waals surface area contributed by atoms with E-state index in [1.807, 2.05) is 6.92 Å². The summed E-state index contributed by atoms with van der Waals surface area (Å²) in [6, 6.07) is 0. The van der Waals surface area contributed by atoms with Crippen LogP contribution in [0, 0.1) is 0 Å². The molecule has 72 valence electrons. The van der Waals surface area contributed by atoms with E-state index in [1.165, 1.54) is 0 Å². The number of ether oxygens (including phenoxy) is 1. The maximum absolute atomic E-state index is 5.59. The van der Waals surface area contributed by atoms with Crippen LogP contribution in [0.2, 0.25) is 0 Å². The van der Waals surface area contributed by atoms with Crippen LogP contribution in [-0.2, 0) is 9.26 Å². The summed E-state index contributed by atoms with van der Waals surface area (Å²) in [5, 5.41) is 0. The van der Waals surface area contributed by atoms with Crippen LogP contribution in [0.15, 0.2) is 0 Å². The zero-order valence-electron chi connectivity index (χ0n) is 7.17. The van der Waals surface area contributed by atoms with Gasteiger partial charge in [-0.3, -0.25) is 0 Å². The van der Waals surface area contributed by atoms with Crippen LogP contribution in [0.3, 0.4) is 0 Å². The molecule has 3 atom stereocenters. The van der Waals surface area contributed by atoms with Crippen molar-refractivity contribution in [2.24, 2.45) is 0 Å². The molecule has 0 bridgehead atoms. The first-order chi connectivity index (χ1) is 5.63. The van der Waals surface area contributed by atoms with Crippen molar-refractivity contribution in [1.82, 2.24) is 0 Å². The summed E-state index contributed by atoms with van der Waals surface area (Å²) in [7, 11) is 0. The topological polar surface area (TPSA) is 18.5 Å². The molecule has 0 spiro atoms. The van der Waals surface area contributed by atoms with Crippen molar-refractivity contribution >= 4 is 29.3 Å². The summed E-state index contributed by atoms with van der Waals surface area (Å²) >= 11 is 11.2. The zero-order chi connectivity index (χ0) is 9.14. The fraction of sp³-hybridized carbons (Fsp3) is 1.00. The first-order valence-electron chi connectivity index (χ1n) is 4.07. The summed E-state index contributed by atoms with van der Waals surface area (Å²) in [6.45, 7) is 2.81. The van der Waals surface area contributed by atoms with Crippen LogP contribution in [-0.4, -0.2) is 18.3 Å². The molecule has 5 heteroatoms. The predicted octanol–water partition coefficient (Wildman–Crippen LogP) is 3.66. The van der Waals surface area contributed by atoms with E-state index in [1.54, 1.807) is 0 Å². The summed E-state index contributed by atoms with van der Waals surface area (Å²) in [4.78, 5) is 0. The molecule has 1 aliphatic heterocycles. The highest BCUT2D eigenvalue weighted by molar-refractivity contribution is 8.00. The van der Waals surface area contributed by atoms with E-state index >= 15 is 0 Å². The van der Waals surface area contributed by atoms with Crippen LogP contribution >= 0.6 is 29.3 Å². The van der Waals surface area contributed by atoms with Gasteiger partial charge in [-0.15, -0.1) is 0 Å². The Morgan fingerprint density at radius 2 is 2.25 bits per heavy atom. The molecule has 1 heterocycles. The number of hydrogen-bond donors (Lipinski definition) is 0. The second kappa shape index (κ2) is 4.97. The quantitative estimate of drug-likeness (QED) is 0.690. The van der Waals surface area contributed by atoms with Gasteiger partial charge in [0.25, 0.3) is 0 Å². The summed E-state index contributed by atoms with van der Waals surface area (Å²) in [6.07, 6.45) is 2.37. The minimum Gasteiger partial charge on any atom is -0.372 e. The van der Waals surface area contributed by atoms with Crippen molar-refractivity contribution in [2.45, 2.75) is 45.0 Å². The van der Waals surface area contributed by atoms with Crippen LogP contribution in [0.4, 0.5) is 0 Å². The Labute approximate surface area is 83.9 Å². The second-order valence-corrected chi connectivity index (χ2v) is 5.95. The first kappa shape index (κ1) is 11.0. The van der Waals surface area contributed by atoms with E-state index in [9.17, 15) is 0 Å². The molecule has 2 nitrogen and oxygen atoms in total. The van der Waals surface area contributed by atoms with Gasteiger partial charge in [0, 0.05) is 6.42 Å². The molecule has 1 saturated heterocycles. The summed E-state index contributed by atoms with van der Waals surface area (Å²) in [5.74, 6) is 0. The van der Waals surface area contributed by atoms with Crippen molar-refractivity contribution < 1.29 is 9.26 Å². The molecule has 1 rings (SSSR count). The Hall–Kier alpha value is 0.930. The SMILES string of the molecule is CC[C@H]1O[C@@H](C)CC1OP(Cl)Cl. The van der Waals surface area contributed by atoms with Crippen molar-refractivity contribution in [2.75, 3.05) is 0 Å². The third-order valence-electron chi connectivity index (χ3n) is 2.00. The Morgan fingerprint density at radius 1 is 1.58 bits per heavy atom. The Bertz CT molecular complexity index is 145. The third kappa shape index (κ3) is 3.01. The van der Waals surface area contributed by atoms with Gasteiger partial charge in [-0.2, -0.15) is 0 Å². The lowest BCUT2D eigenvalue weighted by molar-refractivity contribution is 0.0254. The molecular weight excluding hydrogens is 218 g/mol. The largest absolute Gasteiger partial charge is 0.372 e. The normalized spacial score (nSPS) is 36.2. The highest BCUT2D eigenvalue weighted by atomic mass is 35.9. The van der Waals surface area contributed by atoms with Crippen LogP contribution < -0.4 is 0 Å². The lowest BCUT2D eigenvalue weighted by atomic mass is 10.1. The van der Waals surface area contributed by atoms with Crippen molar-refractivity contribution in [3.8, 4) is 0 Å². The van der Waals surface area contributed by atoms with Gasteiger partial charge in [-0.25, -0.2) is 0 Å². The van der Waals surface area contributed by atoms with Gasteiger partial charge in [0.2, 0.25) is 6.85 Å². The van der Waals surface area contributed by atoms with Gasteiger partial charge in [0.1, 0.15) is 0 Å². The van der Waals surface area contributed by atoms with E-state index in [2.05, 4.69) is 6.92 Å². The Kier molecular flexibility index (Phi) is 4.56. The molecule has 0 aromatic heterocycles. The number of rotatable bonds is 3. The molecular formula is C7H13Cl2O2P. The second-order valence-electron chi connectivity index (χ2n) is 2.97. The predicted molar refractivity (Wildman–Crippen MR) is 52.7 cm³/mol. The summed E-state index contributed by atoms with van der Waals surface area (Å²) < 4.78 is 10.9. The van der Waals surface area contributed by atoms with E-state index in [0.29, 0.717) is 0 Å². The molecule has 0 aliphatic carbocycles. The molecule has 1 unspecified atom stereocenters. The van der Waals surface area contributed by atoms with Crippen LogP contribution in [0.25, 0.3) is 0 Å². The lowest BCUT2D eigenvalue weighted by Crippen LogP contribution is -2.20. The first-order valence-corrected chi connectivity index (χ1v) is 7.14. The third-order valence-corrected chi connectivity index (χ3v) is 2.91. The van der Waals surface area contributed by atoms with Gasteiger partial charge >= 0.3 is 0 Å². The molecule has 1 aliphatic rings. The Balaban J connectivity index is 2.40. The fourth-order valence-corrected chi connectivity index (χ4v) is 2.53. The molecule has 0 amide bonds. The fourth-order valence-electron chi connectivity index (χ4n) is 1.49. The average Bonchev–Trinajstić information content (AvgIpc) is 2.29. The zero-order valence-corrected chi connectivity index (χ0v) is 9.57. The van der Waals surface area contributed by atoms with Crippen LogP contribution in [0.1, 0.15) is 26.7 Å². The average molecular weight is 231 g/mol. The van der Waals surface area contributed by atoms with Crippen molar-refractivity contribution in [3.63, 3.8) is 0 Å². The molecule has 0 aromatic carbocycles. The van der Waals surface area contributed by atoms with Crippen LogP contribution in [0.5, 0.6) is 0 Å². The maximum Gasteiger partial charge on any atom is 0.225 e. The molecule has 12 heavy (non-hydrogen) atoms. The number of hydrogen-bond acceptors (Lipinski definition) is 2. The van der Waals surface area contributed by atoms with Gasteiger partial charge < -0.3 is 9.26 Å². The highest BCUT2D eigenvalue weighted by Crippen LogP contribution is 2.51. The molecule has 0 N–H and O–H groups in total. The maximum atomic E-state index is 5.59. The van der Waals surface area contributed by atoms with E-state index in [4.69, 9.17) is 31.7 Å². The Morgan fingerprint density at radius 3 is 2.75 bits per heavy atom. The minimum atomic E-state index is -1.30. The monoisotopic (exact) mass is 230 g/mol. The molecule has 1 fully saturated rings.